The second-order valence-electron chi connectivity index (χ2n) is 14.5. The Morgan fingerprint density at radius 3 is 1.62 bits per heavy atom. The van der Waals surface area contributed by atoms with Gasteiger partial charge in [0, 0.05) is 16.7 Å². The summed E-state index contributed by atoms with van der Waals surface area (Å²) in [5.74, 6) is 0.712. The van der Waals surface area contributed by atoms with Crippen molar-refractivity contribution >= 4 is 53.9 Å². The Bertz CT molecular complexity index is 3290. The number of fused-ring (bicyclic) bond motifs is 6. The summed E-state index contributed by atoms with van der Waals surface area (Å²) in [5, 5.41) is 12.4. The molecule has 10 aromatic carbocycles. The van der Waals surface area contributed by atoms with Gasteiger partial charge in [0.05, 0.1) is 11.4 Å². The Labute approximate surface area is 325 Å². The van der Waals surface area contributed by atoms with Crippen molar-refractivity contribution in [2.75, 3.05) is 0 Å². The number of hydrogen-bond acceptors (Lipinski definition) is 2. The van der Waals surface area contributed by atoms with Gasteiger partial charge >= 0.3 is 0 Å². The molecule has 0 atom stereocenters. The van der Waals surface area contributed by atoms with Crippen molar-refractivity contribution in [3.63, 3.8) is 0 Å². The van der Waals surface area contributed by atoms with Gasteiger partial charge in [-0.1, -0.05) is 188 Å². The molecule has 0 saturated carbocycles. The first-order valence-electron chi connectivity index (χ1n) is 19.1. The van der Waals surface area contributed by atoms with Crippen molar-refractivity contribution in [1.82, 2.24) is 9.97 Å². The zero-order valence-corrected chi connectivity index (χ0v) is 30.5. The molecule has 0 aliphatic carbocycles. The van der Waals surface area contributed by atoms with E-state index in [9.17, 15) is 0 Å². The van der Waals surface area contributed by atoms with E-state index >= 15 is 0 Å². The van der Waals surface area contributed by atoms with Crippen LogP contribution in [0.1, 0.15) is 0 Å². The Kier molecular flexibility index (Phi) is 7.53. The van der Waals surface area contributed by atoms with Crippen LogP contribution in [-0.2, 0) is 0 Å². The summed E-state index contributed by atoms with van der Waals surface area (Å²) in [6, 6.07) is 74.1. The minimum Gasteiger partial charge on any atom is -0.228 e. The third kappa shape index (κ3) is 5.42. The Morgan fingerprint density at radius 1 is 0.250 bits per heavy atom. The summed E-state index contributed by atoms with van der Waals surface area (Å²) in [6.45, 7) is 0. The van der Waals surface area contributed by atoms with Gasteiger partial charge < -0.3 is 0 Å². The van der Waals surface area contributed by atoms with Crippen LogP contribution in [0.4, 0.5) is 0 Å². The van der Waals surface area contributed by atoms with Crippen LogP contribution < -0.4 is 0 Å². The molecule has 0 N–H and O–H groups in total. The Morgan fingerprint density at radius 2 is 0.821 bits per heavy atom. The lowest BCUT2D eigenvalue weighted by molar-refractivity contribution is 1.19. The molecule has 1 heterocycles. The van der Waals surface area contributed by atoms with Crippen molar-refractivity contribution in [1.29, 1.82) is 0 Å². The third-order valence-electron chi connectivity index (χ3n) is 11.3. The molecule has 0 radical (unpaired) electrons. The van der Waals surface area contributed by atoms with Crippen molar-refractivity contribution in [2.24, 2.45) is 0 Å². The lowest BCUT2D eigenvalue weighted by atomic mass is 9.88. The fourth-order valence-corrected chi connectivity index (χ4v) is 8.52. The van der Waals surface area contributed by atoms with Crippen LogP contribution in [0.25, 0.3) is 110 Å². The molecule has 11 aromatic rings. The third-order valence-corrected chi connectivity index (χ3v) is 11.3. The van der Waals surface area contributed by atoms with Crippen molar-refractivity contribution < 1.29 is 0 Å². The van der Waals surface area contributed by atoms with Crippen LogP contribution in [0.15, 0.2) is 206 Å². The summed E-state index contributed by atoms with van der Waals surface area (Å²) in [6.07, 6.45) is 0. The molecule has 56 heavy (non-hydrogen) atoms. The topological polar surface area (TPSA) is 25.8 Å². The van der Waals surface area contributed by atoms with Crippen LogP contribution in [-0.4, -0.2) is 9.97 Å². The smallest absolute Gasteiger partial charge is 0.160 e. The molecule has 0 spiro atoms. The summed E-state index contributed by atoms with van der Waals surface area (Å²) >= 11 is 0. The van der Waals surface area contributed by atoms with E-state index in [0.29, 0.717) is 5.82 Å². The van der Waals surface area contributed by atoms with Gasteiger partial charge in [-0.3, -0.25) is 0 Å². The molecule has 2 nitrogen and oxygen atoms in total. The second-order valence-corrected chi connectivity index (χ2v) is 14.5. The van der Waals surface area contributed by atoms with Crippen molar-refractivity contribution in [3.05, 3.63) is 206 Å². The first-order chi connectivity index (χ1) is 27.7. The highest BCUT2D eigenvalue weighted by Crippen LogP contribution is 2.41. The van der Waals surface area contributed by atoms with E-state index in [4.69, 9.17) is 9.97 Å². The number of aromatic nitrogens is 2. The Hall–Kier alpha value is -7.42. The summed E-state index contributed by atoms with van der Waals surface area (Å²) in [4.78, 5) is 10.3. The number of benzene rings is 10. The fourth-order valence-electron chi connectivity index (χ4n) is 8.52. The maximum Gasteiger partial charge on any atom is 0.160 e. The predicted octanol–water partition coefficient (Wildman–Crippen LogP) is 14.6. The molecule has 260 valence electrons. The molecular weight excluding hydrogens is 677 g/mol. The molecule has 0 aliphatic heterocycles. The second kappa shape index (κ2) is 13.2. The van der Waals surface area contributed by atoms with Gasteiger partial charge in [0.25, 0.3) is 0 Å². The number of nitrogens with zero attached hydrogens (tertiary/aromatic N) is 2. The van der Waals surface area contributed by atoms with E-state index in [1.807, 2.05) is 18.2 Å². The van der Waals surface area contributed by atoms with Gasteiger partial charge in [-0.05, 0) is 94.3 Å². The van der Waals surface area contributed by atoms with Crippen molar-refractivity contribution in [2.45, 2.75) is 0 Å². The summed E-state index contributed by atoms with van der Waals surface area (Å²) < 4.78 is 0. The van der Waals surface area contributed by atoms with Crippen LogP contribution >= 0.6 is 0 Å². The lowest BCUT2D eigenvalue weighted by Crippen LogP contribution is -1.97. The van der Waals surface area contributed by atoms with Gasteiger partial charge in [0.2, 0.25) is 0 Å². The monoisotopic (exact) mass is 710 g/mol. The number of hydrogen-bond donors (Lipinski definition) is 0. The largest absolute Gasteiger partial charge is 0.228 e. The molecule has 0 fully saturated rings. The molecule has 0 bridgehead atoms. The first-order valence-corrected chi connectivity index (χ1v) is 19.1. The van der Waals surface area contributed by atoms with Gasteiger partial charge in [0.15, 0.2) is 5.82 Å². The molecule has 0 unspecified atom stereocenters. The quantitative estimate of drug-likeness (QED) is 0.131. The molecule has 2 heteroatoms. The zero-order chi connectivity index (χ0) is 37.0. The van der Waals surface area contributed by atoms with Crippen LogP contribution in [0.3, 0.4) is 0 Å². The predicted molar refractivity (Wildman–Crippen MR) is 237 cm³/mol. The number of rotatable bonds is 5. The average Bonchev–Trinajstić information content (AvgIpc) is 3.28. The molecule has 0 saturated heterocycles. The van der Waals surface area contributed by atoms with Gasteiger partial charge in [-0.2, -0.15) is 0 Å². The zero-order valence-electron chi connectivity index (χ0n) is 30.5. The highest BCUT2D eigenvalue weighted by atomic mass is 14.9. The van der Waals surface area contributed by atoms with Crippen LogP contribution in [0.5, 0.6) is 0 Å². The maximum atomic E-state index is 5.22. The average molecular weight is 711 g/mol. The molecular formula is C54H34N2. The van der Waals surface area contributed by atoms with E-state index in [1.165, 1.54) is 70.7 Å². The molecule has 1 aromatic heterocycles. The van der Waals surface area contributed by atoms with Crippen LogP contribution in [0, 0.1) is 0 Å². The highest BCUT2D eigenvalue weighted by molar-refractivity contribution is 6.20. The molecule has 11 rings (SSSR count). The SMILES string of the molecule is c1ccc(-c2nc(-c3ccc4ccccc4c3)cc(-c3ccc(-c4ccc(-c5c6ccccc6cc6c5ccc5ccccc56)cc4)c4ccccc34)n2)cc1. The Balaban J connectivity index is 1.04. The standard InChI is InChI=1S/C54H34N2/c1-2-14-39(15-3-1)54-55-51(42-27-22-35-12-4-5-16-40(35)32-42)34-52(56-54)48-31-30-44(46-20-10-11-21-47(46)48)37-23-25-38(26-24-37)53-45-19-9-7-17-41(45)33-50-43-18-8-6-13-36(43)28-29-49(50)53/h1-34H. The van der Waals surface area contributed by atoms with Gasteiger partial charge in [-0.15, -0.1) is 0 Å². The van der Waals surface area contributed by atoms with Gasteiger partial charge in [0.1, 0.15) is 0 Å². The minimum atomic E-state index is 0.712. The van der Waals surface area contributed by atoms with E-state index in [0.717, 1.165) is 33.5 Å². The maximum absolute atomic E-state index is 5.22. The summed E-state index contributed by atoms with van der Waals surface area (Å²) in [5.41, 5.74) is 9.79. The van der Waals surface area contributed by atoms with E-state index in [1.54, 1.807) is 0 Å². The first kappa shape index (κ1) is 32.0. The molecule has 0 aliphatic rings. The van der Waals surface area contributed by atoms with Gasteiger partial charge in [-0.25, -0.2) is 9.97 Å². The minimum absolute atomic E-state index is 0.712. The van der Waals surface area contributed by atoms with Crippen molar-refractivity contribution in [3.8, 4) is 56.2 Å². The normalized spacial score (nSPS) is 11.6. The van der Waals surface area contributed by atoms with E-state index in [2.05, 4.69) is 188 Å². The van der Waals surface area contributed by atoms with Crippen LogP contribution in [0.2, 0.25) is 0 Å². The summed E-state index contributed by atoms with van der Waals surface area (Å²) in [7, 11) is 0. The lowest BCUT2D eigenvalue weighted by Gasteiger charge is -2.16. The van der Waals surface area contributed by atoms with E-state index in [-0.39, 0.29) is 0 Å². The molecule has 0 amide bonds. The van der Waals surface area contributed by atoms with E-state index < -0.39 is 0 Å². The highest BCUT2D eigenvalue weighted by Gasteiger charge is 2.16. The fraction of sp³-hybridized carbons (Fsp3) is 0.